The molecule has 0 amide bonds. The molecule has 7 nitrogen and oxygen atoms in total. The maximum atomic E-state index is 13.2. The van der Waals surface area contributed by atoms with Gasteiger partial charge in [-0.3, -0.25) is 9.59 Å². The van der Waals surface area contributed by atoms with Gasteiger partial charge in [0.1, 0.15) is 22.8 Å². The molecule has 2 aromatic carbocycles. The Bertz CT molecular complexity index is 1110. The van der Waals surface area contributed by atoms with Crippen LogP contribution in [0.2, 0.25) is 0 Å². The van der Waals surface area contributed by atoms with Crippen LogP contribution in [0.15, 0.2) is 24.3 Å². The average molecular weight is 453 g/mol. The second-order valence-corrected chi connectivity index (χ2v) is 8.98. The lowest BCUT2D eigenvalue weighted by molar-refractivity contribution is -0.135. The number of carbonyl (C=O) groups excluding carboxylic acids is 2. The van der Waals surface area contributed by atoms with Crippen molar-refractivity contribution in [2.45, 2.75) is 56.5 Å². The fraction of sp³-hybridized carbons (Fsp3) is 0.462. The van der Waals surface area contributed by atoms with E-state index in [1.807, 2.05) is 6.07 Å². The molecule has 0 unspecified atom stereocenters. The van der Waals surface area contributed by atoms with Crippen molar-refractivity contribution in [3.8, 4) is 28.7 Å². The van der Waals surface area contributed by atoms with E-state index in [-0.39, 0.29) is 18.2 Å². The van der Waals surface area contributed by atoms with Gasteiger partial charge in [-0.15, -0.1) is 0 Å². The van der Waals surface area contributed by atoms with Gasteiger partial charge in [-0.2, -0.15) is 0 Å². The maximum Gasteiger partial charge on any atom is 0.312 e. The molecule has 2 aromatic rings. The summed E-state index contributed by atoms with van der Waals surface area (Å²) in [4.78, 5) is 25.8. The van der Waals surface area contributed by atoms with Gasteiger partial charge in [0.25, 0.3) is 0 Å². The predicted molar refractivity (Wildman–Crippen MR) is 120 cm³/mol. The highest BCUT2D eigenvalue weighted by atomic mass is 16.5. The fourth-order valence-corrected chi connectivity index (χ4v) is 5.47. The second kappa shape index (κ2) is 8.28. The summed E-state index contributed by atoms with van der Waals surface area (Å²) < 4.78 is 28.9. The first-order valence-corrected chi connectivity index (χ1v) is 11.4. The minimum Gasteiger partial charge on any atom is -0.496 e. The van der Waals surface area contributed by atoms with Crippen LogP contribution in [-0.2, 0) is 4.79 Å². The molecule has 2 aliphatic heterocycles. The number of hydrogen-bond donors (Lipinski definition) is 0. The Morgan fingerprint density at radius 1 is 0.909 bits per heavy atom. The molecule has 3 aliphatic rings. The standard InChI is InChI=1S/C26H28O7/c1-29-20-13-22(31-3)21(30-2)11-16(20)17-12-23(28)32-19-8-7-15-18(27)14-26(9-5-4-6-10-26)33-25(15)24(17)19/h7-8,11,13,17H,4-6,9-10,12,14H2,1-3H3/t17-/m1/s1. The van der Waals surface area contributed by atoms with Gasteiger partial charge in [0.2, 0.25) is 0 Å². The number of Topliss-reactive ketones (excluding diaryl/α,β-unsaturated/α-hetero) is 1. The topological polar surface area (TPSA) is 80.3 Å². The van der Waals surface area contributed by atoms with E-state index in [1.165, 1.54) is 0 Å². The number of esters is 1. The molecule has 0 N–H and O–H groups in total. The first-order valence-electron chi connectivity index (χ1n) is 11.4. The largest absolute Gasteiger partial charge is 0.496 e. The Morgan fingerprint density at radius 2 is 1.61 bits per heavy atom. The zero-order valence-corrected chi connectivity index (χ0v) is 19.2. The van der Waals surface area contributed by atoms with Crippen LogP contribution >= 0.6 is 0 Å². The van der Waals surface area contributed by atoms with Crippen molar-refractivity contribution in [2.24, 2.45) is 0 Å². The van der Waals surface area contributed by atoms with E-state index in [1.54, 1.807) is 39.5 Å². The predicted octanol–water partition coefficient (Wildman–Crippen LogP) is 4.82. The smallest absolute Gasteiger partial charge is 0.312 e. The Kier molecular flexibility index (Phi) is 5.43. The summed E-state index contributed by atoms with van der Waals surface area (Å²) in [6.07, 6.45) is 5.43. The molecule has 0 radical (unpaired) electrons. The number of ether oxygens (including phenoxy) is 5. The number of ketones is 1. The minimum atomic E-state index is -0.481. The molecular weight excluding hydrogens is 424 g/mol. The average Bonchev–Trinajstić information content (AvgIpc) is 2.82. The molecule has 1 atom stereocenters. The molecular formula is C26H28O7. The Hall–Kier alpha value is -3.22. The number of methoxy groups -OCH3 is 3. The summed E-state index contributed by atoms with van der Waals surface area (Å²) >= 11 is 0. The number of fused-ring (bicyclic) bond motifs is 3. The normalized spacial score (nSPS) is 20.9. The molecule has 2 heterocycles. The zero-order chi connectivity index (χ0) is 23.2. The van der Waals surface area contributed by atoms with Gasteiger partial charge < -0.3 is 23.7 Å². The number of carbonyl (C=O) groups is 2. The summed E-state index contributed by atoms with van der Waals surface area (Å²) in [5.41, 5.74) is 1.54. The Morgan fingerprint density at radius 3 is 2.30 bits per heavy atom. The van der Waals surface area contributed by atoms with Gasteiger partial charge in [0.05, 0.1) is 39.7 Å². The van der Waals surface area contributed by atoms with Crippen LogP contribution in [0.5, 0.6) is 28.7 Å². The number of rotatable bonds is 4. The van der Waals surface area contributed by atoms with Gasteiger partial charge >= 0.3 is 5.97 Å². The SMILES string of the molecule is COc1cc(OC)c([C@H]2CC(=O)Oc3ccc4c(c32)OC2(CCCCC2)CC4=O)cc1OC. The van der Waals surface area contributed by atoms with E-state index >= 15 is 0 Å². The van der Waals surface area contributed by atoms with E-state index in [0.717, 1.165) is 43.2 Å². The lowest BCUT2D eigenvalue weighted by Crippen LogP contribution is -2.44. The van der Waals surface area contributed by atoms with Crippen molar-refractivity contribution >= 4 is 11.8 Å². The first kappa shape index (κ1) is 21.6. The second-order valence-electron chi connectivity index (χ2n) is 8.98. The van der Waals surface area contributed by atoms with Crippen LogP contribution in [0.1, 0.15) is 72.3 Å². The van der Waals surface area contributed by atoms with Gasteiger partial charge in [-0.25, -0.2) is 0 Å². The number of benzene rings is 2. The van der Waals surface area contributed by atoms with E-state index < -0.39 is 11.5 Å². The highest BCUT2D eigenvalue weighted by molar-refractivity contribution is 6.01. The molecule has 174 valence electrons. The van der Waals surface area contributed by atoms with Crippen LogP contribution < -0.4 is 23.7 Å². The summed E-state index contributed by atoms with van der Waals surface area (Å²) in [5.74, 6) is 1.89. The first-order chi connectivity index (χ1) is 16.0. The Balaban J connectivity index is 1.70. The molecule has 1 aliphatic carbocycles. The van der Waals surface area contributed by atoms with Crippen molar-refractivity contribution in [1.29, 1.82) is 0 Å². The van der Waals surface area contributed by atoms with Crippen molar-refractivity contribution in [1.82, 2.24) is 0 Å². The van der Waals surface area contributed by atoms with E-state index in [0.29, 0.717) is 40.7 Å². The third-order valence-corrected chi connectivity index (χ3v) is 7.08. The molecule has 7 heteroatoms. The molecule has 5 rings (SSSR count). The van der Waals surface area contributed by atoms with E-state index in [9.17, 15) is 9.59 Å². The van der Waals surface area contributed by atoms with Gasteiger partial charge in [-0.1, -0.05) is 6.42 Å². The highest BCUT2D eigenvalue weighted by Gasteiger charge is 2.45. The van der Waals surface area contributed by atoms with Crippen LogP contribution in [-0.4, -0.2) is 38.7 Å². The van der Waals surface area contributed by atoms with Gasteiger partial charge in [0, 0.05) is 23.1 Å². The third-order valence-electron chi connectivity index (χ3n) is 7.08. The molecule has 1 spiro atoms. The molecule has 1 saturated carbocycles. The van der Waals surface area contributed by atoms with Crippen molar-refractivity contribution in [2.75, 3.05) is 21.3 Å². The van der Waals surface area contributed by atoms with E-state index in [2.05, 4.69) is 0 Å². The highest BCUT2D eigenvalue weighted by Crippen LogP contribution is 2.53. The quantitative estimate of drug-likeness (QED) is 0.486. The molecule has 1 fully saturated rings. The third kappa shape index (κ3) is 3.59. The molecule has 33 heavy (non-hydrogen) atoms. The summed E-state index contributed by atoms with van der Waals surface area (Å²) in [7, 11) is 4.70. The van der Waals surface area contributed by atoms with Crippen LogP contribution in [0.3, 0.4) is 0 Å². The van der Waals surface area contributed by atoms with Crippen LogP contribution in [0.25, 0.3) is 0 Å². The van der Waals surface area contributed by atoms with E-state index in [4.69, 9.17) is 23.7 Å². The van der Waals surface area contributed by atoms with Crippen molar-refractivity contribution in [3.05, 3.63) is 41.0 Å². The summed E-state index contributed by atoms with van der Waals surface area (Å²) in [6, 6.07) is 6.99. The summed E-state index contributed by atoms with van der Waals surface area (Å²) in [6.45, 7) is 0. The van der Waals surface area contributed by atoms with Crippen molar-refractivity contribution < 1.29 is 33.3 Å². The van der Waals surface area contributed by atoms with Gasteiger partial charge in [-0.05, 0) is 43.9 Å². The molecule has 0 aromatic heterocycles. The van der Waals surface area contributed by atoms with Crippen LogP contribution in [0, 0.1) is 0 Å². The summed E-state index contributed by atoms with van der Waals surface area (Å²) in [5, 5.41) is 0. The monoisotopic (exact) mass is 452 g/mol. The zero-order valence-electron chi connectivity index (χ0n) is 19.2. The molecule has 0 bridgehead atoms. The fourth-order valence-electron chi connectivity index (χ4n) is 5.47. The van der Waals surface area contributed by atoms with Gasteiger partial charge in [0.15, 0.2) is 17.3 Å². The van der Waals surface area contributed by atoms with Crippen molar-refractivity contribution in [3.63, 3.8) is 0 Å². The Labute approximate surface area is 192 Å². The number of hydrogen-bond acceptors (Lipinski definition) is 7. The molecule has 0 saturated heterocycles. The lowest BCUT2D eigenvalue weighted by Gasteiger charge is -2.42. The lowest BCUT2D eigenvalue weighted by atomic mass is 9.76. The maximum absolute atomic E-state index is 13.2. The van der Waals surface area contributed by atoms with Crippen LogP contribution in [0.4, 0.5) is 0 Å². The minimum absolute atomic E-state index is 0.0795.